The fraction of sp³-hybridized carbons (Fsp3) is 0.364. The highest BCUT2D eigenvalue weighted by molar-refractivity contribution is 5.93. The van der Waals surface area contributed by atoms with E-state index < -0.39 is 0 Å². The molecule has 0 spiro atoms. The first kappa shape index (κ1) is 11.5. The molecule has 4 heteroatoms. The Bertz CT molecular complexity index is 308. The summed E-state index contributed by atoms with van der Waals surface area (Å²) in [6.07, 6.45) is 0. The molecule has 1 N–H and O–H groups in total. The van der Waals surface area contributed by atoms with Crippen LogP contribution in [0.5, 0.6) is 5.75 Å². The maximum atomic E-state index is 11.4. The third kappa shape index (κ3) is 3.59. The number of hydroxylamine groups is 1. The van der Waals surface area contributed by atoms with Crippen molar-refractivity contribution in [1.82, 2.24) is 5.48 Å². The number of carbonyl (C=O) groups is 1. The zero-order chi connectivity index (χ0) is 11.1. The van der Waals surface area contributed by atoms with Crippen molar-refractivity contribution in [2.45, 2.75) is 13.8 Å². The van der Waals surface area contributed by atoms with Crippen molar-refractivity contribution in [3.63, 3.8) is 0 Å². The minimum absolute atomic E-state index is 0.250. The van der Waals surface area contributed by atoms with Crippen molar-refractivity contribution in [1.29, 1.82) is 0 Å². The highest BCUT2D eigenvalue weighted by atomic mass is 16.6. The zero-order valence-electron chi connectivity index (χ0n) is 8.95. The molecule has 4 nitrogen and oxygen atoms in total. The molecule has 1 amide bonds. The number of hydrogen-bond acceptors (Lipinski definition) is 3. The first-order valence-electron chi connectivity index (χ1n) is 4.93. The second-order valence-electron chi connectivity index (χ2n) is 2.82. The number of benzene rings is 1. The first-order valence-corrected chi connectivity index (χ1v) is 4.93. The summed E-state index contributed by atoms with van der Waals surface area (Å²) in [7, 11) is 0. The van der Waals surface area contributed by atoms with Gasteiger partial charge in [0.1, 0.15) is 5.75 Å². The number of rotatable bonds is 5. The molecule has 0 atom stereocenters. The molecule has 82 valence electrons. The maximum absolute atomic E-state index is 11.4. The van der Waals surface area contributed by atoms with Crippen LogP contribution in [0.15, 0.2) is 24.3 Å². The topological polar surface area (TPSA) is 47.6 Å². The molecule has 0 aliphatic rings. The fourth-order valence-corrected chi connectivity index (χ4v) is 1.07. The van der Waals surface area contributed by atoms with E-state index in [1.54, 1.807) is 31.2 Å². The van der Waals surface area contributed by atoms with Crippen LogP contribution < -0.4 is 10.2 Å². The molecule has 0 bridgehead atoms. The largest absolute Gasteiger partial charge is 0.494 e. The van der Waals surface area contributed by atoms with Gasteiger partial charge in [0.25, 0.3) is 5.91 Å². The van der Waals surface area contributed by atoms with E-state index in [1.807, 2.05) is 6.92 Å². The Kier molecular flexibility index (Phi) is 4.63. The van der Waals surface area contributed by atoms with Crippen LogP contribution in [0, 0.1) is 0 Å². The van der Waals surface area contributed by atoms with Gasteiger partial charge in [0, 0.05) is 5.56 Å². The van der Waals surface area contributed by atoms with E-state index >= 15 is 0 Å². The summed E-state index contributed by atoms with van der Waals surface area (Å²) in [5.41, 5.74) is 2.87. The molecule has 0 unspecified atom stereocenters. The van der Waals surface area contributed by atoms with Crippen LogP contribution >= 0.6 is 0 Å². The minimum atomic E-state index is -0.250. The average molecular weight is 209 g/mol. The third-order valence-electron chi connectivity index (χ3n) is 1.74. The first-order chi connectivity index (χ1) is 7.27. The van der Waals surface area contributed by atoms with Crippen LogP contribution in [0.3, 0.4) is 0 Å². The Labute approximate surface area is 89.1 Å². The average Bonchev–Trinajstić information content (AvgIpc) is 2.27. The number of carbonyl (C=O) groups excluding carboxylic acids is 1. The molecule has 0 aliphatic heterocycles. The van der Waals surface area contributed by atoms with E-state index in [2.05, 4.69) is 5.48 Å². The summed E-state index contributed by atoms with van der Waals surface area (Å²) in [6.45, 7) is 4.78. The molecule has 0 saturated heterocycles. The van der Waals surface area contributed by atoms with Crippen molar-refractivity contribution in [2.24, 2.45) is 0 Å². The van der Waals surface area contributed by atoms with E-state index in [9.17, 15) is 4.79 Å². The van der Waals surface area contributed by atoms with Crippen LogP contribution in [-0.4, -0.2) is 19.1 Å². The summed E-state index contributed by atoms with van der Waals surface area (Å²) in [4.78, 5) is 16.2. The Balaban J connectivity index is 2.58. The van der Waals surface area contributed by atoms with Crippen molar-refractivity contribution in [3.8, 4) is 5.75 Å². The molecular weight excluding hydrogens is 194 g/mol. The fourth-order valence-electron chi connectivity index (χ4n) is 1.07. The predicted octanol–water partition coefficient (Wildman–Crippen LogP) is 1.77. The minimum Gasteiger partial charge on any atom is -0.494 e. The van der Waals surface area contributed by atoms with Gasteiger partial charge >= 0.3 is 0 Å². The van der Waals surface area contributed by atoms with Gasteiger partial charge in [-0.1, -0.05) is 0 Å². The summed E-state index contributed by atoms with van der Waals surface area (Å²) in [5, 5.41) is 0. The second kappa shape index (κ2) is 6.03. The van der Waals surface area contributed by atoms with E-state index in [4.69, 9.17) is 9.57 Å². The summed E-state index contributed by atoms with van der Waals surface area (Å²) in [5.74, 6) is 0.505. The molecule has 1 rings (SSSR count). The standard InChI is InChI=1S/C11H15NO3/c1-3-14-10-7-5-9(6-8-10)11(13)12-15-4-2/h5-8H,3-4H2,1-2H3,(H,12,13). The lowest BCUT2D eigenvalue weighted by atomic mass is 10.2. The Morgan fingerprint density at radius 1 is 1.20 bits per heavy atom. The van der Waals surface area contributed by atoms with Gasteiger partial charge in [-0.3, -0.25) is 9.63 Å². The van der Waals surface area contributed by atoms with Crippen molar-refractivity contribution in [2.75, 3.05) is 13.2 Å². The lowest BCUT2D eigenvalue weighted by Gasteiger charge is -2.05. The molecule has 0 heterocycles. The van der Waals surface area contributed by atoms with Crippen LogP contribution in [-0.2, 0) is 4.84 Å². The molecule has 0 aliphatic carbocycles. The maximum Gasteiger partial charge on any atom is 0.274 e. The smallest absolute Gasteiger partial charge is 0.274 e. The molecule has 15 heavy (non-hydrogen) atoms. The van der Waals surface area contributed by atoms with Gasteiger partial charge in [-0.15, -0.1) is 0 Å². The molecule has 0 saturated carbocycles. The zero-order valence-corrected chi connectivity index (χ0v) is 8.95. The van der Waals surface area contributed by atoms with Crippen LogP contribution in [0.25, 0.3) is 0 Å². The summed E-state index contributed by atoms with van der Waals surface area (Å²) >= 11 is 0. The number of ether oxygens (including phenoxy) is 1. The van der Waals surface area contributed by atoms with Gasteiger partial charge in [-0.2, -0.15) is 0 Å². The lowest BCUT2D eigenvalue weighted by molar-refractivity contribution is 0.0364. The Hall–Kier alpha value is -1.55. The highest BCUT2D eigenvalue weighted by Gasteiger charge is 2.04. The lowest BCUT2D eigenvalue weighted by Crippen LogP contribution is -2.23. The van der Waals surface area contributed by atoms with Gasteiger partial charge in [-0.25, -0.2) is 5.48 Å². The quantitative estimate of drug-likeness (QED) is 0.752. The Morgan fingerprint density at radius 3 is 2.40 bits per heavy atom. The van der Waals surface area contributed by atoms with Crippen LogP contribution in [0.1, 0.15) is 24.2 Å². The Morgan fingerprint density at radius 2 is 1.87 bits per heavy atom. The normalized spacial score (nSPS) is 9.73. The monoisotopic (exact) mass is 209 g/mol. The predicted molar refractivity (Wildman–Crippen MR) is 56.7 cm³/mol. The molecular formula is C11H15NO3. The molecule has 1 aromatic carbocycles. The van der Waals surface area contributed by atoms with E-state index in [-0.39, 0.29) is 5.91 Å². The summed E-state index contributed by atoms with van der Waals surface area (Å²) in [6, 6.07) is 6.90. The van der Waals surface area contributed by atoms with E-state index in [0.29, 0.717) is 18.8 Å². The SMILES string of the molecule is CCONC(=O)c1ccc(OCC)cc1. The van der Waals surface area contributed by atoms with Crippen molar-refractivity contribution in [3.05, 3.63) is 29.8 Å². The van der Waals surface area contributed by atoms with Crippen LogP contribution in [0.2, 0.25) is 0 Å². The van der Waals surface area contributed by atoms with Gasteiger partial charge in [0.2, 0.25) is 0 Å². The number of hydrogen-bond donors (Lipinski definition) is 1. The van der Waals surface area contributed by atoms with Crippen LogP contribution in [0.4, 0.5) is 0 Å². The number of amides is 1. The molecule has 0 fully saturated rings. The van der Waals surface area contributed by atoms with Gasteiger partial charge in [0.05, 0.1) is 13.2 Å². The van der Waals surface area contributed by atoms with E-state index in [0.717, 1.165) is 5.75 Å². The molecule has 1 aromatic rings. The van der Waals surface area contributed by atoms with Gasteiger partial charge in [-0.05, 0) is 38.1 Å². The van der Waals surface area contributed by atoms with Gasteiger partial charge in [0.15, 0.2) is 0 Å². The van der Waals surface area contributed by atoms with Crippen molar-refractivity contribution >= 4 is 5.91 Å². The second-order valence-corrected chi connectivity index (χ2v) is 2.82. The summed E-state index contributed by atoms with van der Waals surface area (Å²) < 4.78 is 5.26. The van der Waals surface area contributed by atoms with Gasteiger partial charge < -0.3 is 4.74 Å². The van der Waals surface area contributed by atoms with E-state index in [1.165, 1.54) is 0 Å². The molecule has 0 radical (unpaired) electrons. The number of nitrogens with one attached hydrogen (secondary N) is 1. The third-order valence-corrected chi connectivity index (χ3v) is 1.74. The van der Waals surface area contributed by atoms with Crippen molar-refractivity contribution < 1.29 is 14.4 Å². The highest BCUT2D eigenvalue weighted by Crippen LogP contribution is 2.11. The molecule has 0 aromatic heterocycles.